The highest BCUT2D eigenvalue weighted by molar-refractivity contribution is 7.15. The second kappa shape index (κ2) is 23.2. The predicted molar refractivity (Wildman–Crippen MR) is 297 cm³/mol. The maximum absolute atomic E-state index is 14.2. The zero-order chi connectivity index (χ0) is 55.8. The largest absolute Gasteiger partial charge is 0.458 e. The number of pyridine rings is 1. The topological polar surface area (TPSA) is 311 Å². The fourth-order valence-corrected chi connectivity index (χ4v) is 14.3. The molecular weight excluding hydrogens is 1130 g/mol. The summed E-state index contributed by atoms with van der Waals surface area (Å²) >= 11 is 7.30. The summed E-state index contributed by atoms with van der Waals surface area (Å²) in [5.41, 5.74) is 2.35. The average molecular weight is 1180 g/mol. The number of aryl methyl sites for hydroxylation is 1. The molecule has 10 bridgehead atoms. The molecule has 0 radical (unpaired) electrons. The van der Waals surface area contributed by atoms with Crippen molar-refractivity contribution in [3.8, 4) is 43.4 Å². The molecule has 410 valence electrons. The molecule has 3 aliphatic rings. The van der Waals surface area contributed by atoms with Gasteiger partial charge in [0.1, 0.15) is 82.9 Å². The van der Waals surface area contributed by atoms with Gasteiger partial charge in [-0.3, -0.25) is 33.6 Å². The minimum atomic E-state index is -1.01. The van der Waals surface area contributed by atoms with Gasteiger partial charge in [-0.25, -0.2) is 39.7 Å². The van der Waals surface area contributed by atoms with Crippen molar-refractivity contribution in [2.75, 3.05) is 26.7 Å². The van der Waals surface area contributed by atoms with Gasteiger partial charge in [0, 0.05) is 50.9 Å². The van der Waals surface area contributed by atoms with E-state index in [1.54, 1.807) is 35.2 Å². The molecule has 0 spiro atoms. The number of esters is 1. The van der Waals surface area contributed by atoms with Crippen molar-refractivity contribution in [2.24, 2.45) is 11.8 Å². The number of fused-ring (bicyclic) bond motifs is 15. The Morgan fingerprint density at radius 2 is 1.33 bits per heavy atom. The van der Waals surface area contributed by atoms with Crippen molar-refractivity contribution in [2.45, 2.75) is 84.1 Å². The average Bonchev–Trinajstić information content (AvgIpc) is 4.39. The molecule has 10 rings (SSSR count). The van der Waals surface area contributed by atoms with Crippen LogP contribution in [0, 0.1) is 18.8 Å². The third-order valence-corrected chi connectivity index (χ3v) is 18.6. The molecule has 6 N–H and O–H groups in total. The molecule has 23 nitrogen and oxygen atoms in total. The lowest BCUT2D eigenvalue weighted by molar-refractivity contribution is -0.148. The Labute approximate surface area is 474 Å². The maximum Gasteiger partial charge on any atom is 0.357 e. The minimum absolute atomic E-state index is 0.0296. The molecule has 5 unspecified atom stereocenters. The van der Waals surface area contributed by atoms with Crippen molar-refractivity contribution < 1.29 is 43.1 Å². The van der Waals surface area contributed by atoms with Crippen LogP contribution in [0.1, 0.15) is 127 Å². The monoisotopic (exact) mass is 1180 g/mol. The fourth-order valence-electron chi connectivity index (χ4n) is 8.88. The van der Waals surface area contributed by atoms with Crippen LogP contribution in [-0.2, 0) is 23.9 Å². The van der Waals surface area contributed by atoms with E-state index >= 15 is 0 Å². The van der Waals surface area contributed by atoms with Gasteiger partial charge in [0.25, 0.3) is 17.7 Å². The van der Waals surface area contributed by atoms with Gasteiger partial charge in [-0.15, -0.1) is 68.0 Å². The number of rotatable bonds is 8. The summed E-state index contributed by atoms with van der Waals surface area (Å²) in [6.45, 7) is 9.15. The molecule has 0 aliphatic carbocycles. The number of carbonyl (C=O) groups excluding carboxylic acids is 8. The fraction of sp³-hybridized carbons (Fsp3) is 0.380. The lowest BCUT2D eigenvalue weighted by Crippen LogP contribution is -2.62. The molecule has 2 fully saturated rings. The molecule has 10 heterocycles. The first-order chi connectivity index (χ1) is 37.9. The first kappa shape index (κ1) is 55.0. The smallest absolute Gasteiger partial charge is 0.357 e. The second-order valence-corrected chi connectivity index (χ2v) is 24.8. The molecule has 29 heteroatoms. The Morgan fingerprint density at radius 3 is 2.09 bits per heavy atom. The molecule has 7 aromatic heterocycles. The highest BCUT2D eigenvalue weighted by Crippen LogP contribution is 2.39. The number of hydrogen-bond acceptors (Lipinski definition) is 22. The van der Waals surface area contributed by atoms with E-state index in [1.165, 1.54) is 62.7 Å². The van der Waals surface area contributed by atoms with Gasteiger partial charge >= 0.3 is 5.97 Å². The van der Waals surface area contributed by atoms with E-state index in [9.17, 15) is 38.4 Å². The van der Waals surface area contributed by atoms with Crippen molar-refractivity contribution in [3.63, 3.8) is 0 Å². The highest BCUT2D eigenvalue weighted by atomic mass is 32.1. The SMILES string of the molecule is CNC(=O)CC1NC(=O)c2csc(n2)-c2ccc(-c3nc(C(=O)OCC4NC(=O)C5CCCN5C4=O)cs3)nc2-c2csc(n2)-c2csc(n2)C(C(C)C)NC(=O)CNC(=O)c2csc(n2)C(C(C)C)NC(=O)c2nc1sc2C. The van der Waals surface area contributed by atoms with Crippen LogP contribution in [0.25, 0.3) is 43.4 Å². The van der Waals surface area contributed by atoms with Crippen LogP contribution in [-0.4, -0.2) is 126 Å². The maximum atomic E-state index is 14.2. The Kier molecular flexibility index (Phi) is 16.1. The number of piperazine rings is 1. The minimum Gasteiger partial charge on any atom is -0.458 e. The van der Waals surface area contributed by atoms with E-state index in [0.29, 0.717) is 76.2 Å². The molecule has 2 saturated heterocycles. The van der Waals surface area contributed by atoms with Crippen LogP contribution in [0.5, 0.6) is 0 Å². The number of ether oxygens (including phenoxy) is 1. The zero-order valence-electron chi connectivity index (χ0n) is 43.0. The van der Waals surface area contributed by atoms with Crippen molar-refractivity contribution in [1.82, 2.24) is 71.7 Å². The molecule has 0 aromatic carbocycles. The number of nitrogens with one attached hydrogen (secondary N) is 6. The third-order valence-electron chi connectivity index (χ3n) is 13.0. The van der Waals surface area contributed by atoms with E-state index in [2.05, 4.69) is 46.9 Å². The molecule has 79 heavy (non-hydrogen) atoms. The van der Waals surface area contributed by atoms with Crippen LogP contribution in [0.4, 0.5) is 0 Å². The Morgan fingerprint density at radius 1 is 0.671 bits per heavy atom. The lowest BCUT2D eigenvalue weighted by Gasteiger charge is -2.34. The van der Waals surface area contributed by atoms with Gasteiger partial charge in [-0.05, 0) is 43.7 Å². The van der Waals surface area contributed by atoms with Gasteiger partial charge in [0.05, 0.1) is 36.8 Å². The Bertz CT molecular complexity index is 3540. The number of hydrogen-bond donors (Lipinski definition) is 6. The van der Waals surface area contributed by atoms with E-state index in [1.807, 2.05) is 33.1 Å². The quantitative estimate of drug-likeness (QED) is 0.0989. The summed E-state index contributed by atoms with van der Waals surface area (Å²) in [4.78, 5) is 143. The molecule has 7 aromatic rings. The molecule has 3 aliphatic heterocycles. The number of thiazole rings is 6. The van der Waals surface area contributed by atoms with Crippen LogP contribution < -0.4 is 31.9 Å². The van der Waals surface area contributed by atoms with Gasteiger partial charge < -0.3 is 41.5 Å². The van der Waals surface area contributed by atoms with Crippen LogP contribution in [0.3, 0.4) is 0 Å². The molecular formula is C50H50N14O9S6. The predicted octanol–water partition coefficient (Wildman–Crippen LogP) is 5.73. The van der Waals surface area contributed by atoms with Crippen LogP contribution in [0.15, 0.2) is 39.0 Å². The van der Waals surface area contributed by atoms with Crippen LogP contribution in [0.2, 0.25) is 0 Å². The third kappa shape index (κ3) is 11.7. The Balaban J connectivity index is 0.983. The molecule has 5 atom stereocenters. The number of aromatic nitrogens is 7. The van der Waals surface area contributed by atoms with E-state index in [4.69, 9.17) is 24.7 Å². The number of nitrogens with zero attached hydrogens (tertiary/aromatic N) is 8. The normalized spacial score (nSPS) is 20.0. The van der Waals surface area contributed by atoms with Gasteiger partial charge in [0.2, 0.25) is 23.6 Å². The van der Waals surface area contributed by atoms with Gasteiger partial charge in [-0.1, -0.05) is 27.7 Å². The van der Waals surface area contributed by atoms with Gasteiger partial charge in [-0.2, -0.15) is 0 Å². The summed E-state index contributed by atoms with van der Waals surface area (Å²) in [5, 5.41) is 27.8. The van der Waals surface area contributed by atoms with Crippen molar-refractivity contribution in [1.29, 1.82) is 0 Å². The summed E-state index contributed by atoms with van der Waals surface area (Å²) in [7, 11) is 1.47. The number of amides is 7. The first-order valence-corrected chi connectivity index (χ1v) is 30.1. The summed E-state index contributed by atoms with van der Waals surface area (Å²) in [6.07, 6.45) is 1.10. The zero-order valence-corrected chi connectivity index (χ0v) is 47.9. The summed E-state index contributed by atoms with van der Waals surface area (Å²) in [6, 6.07) is -0.180. The first-order valence-electron chi connectivity index (χ1n) is 24.9. The summed E-state index contributed by atoms with van der Waals surface area (Å²) in [5.74, 6) is -4.20. The van der Waals surface area contributed by atoms with E-state index < -0.39 is 65.7 Å². The van der Waals surface area contributed by atoms with Crippen molar-refractivity contribution >= 4 is 115 Å². The molecule has 0 saturated carbocycles. The Hall–Kier alpha value is -7.31. The highest BCUT2D eigenvalue weighted by Gasteiger charge is 2.43. The van der Waals surface area contributed by atoms with E-state index in [-0.39, 0.29) is 66.0 Å². The van der Waals surface area contributed by atoms with Gasteiger partial charge in [0.15, 0.2) is 5.69 Å². The van der Waals surface area contributed by atoms with Crippen LogP contribution >= 0.6 is 68.0 Å². The number of carbonyl (C=O) groups is 8. The van der Waals surface area contributed by atoms with Crippen molar-refractivity contribution in [3.05, 3.63) is 81.7 Å². The second-order valence-electron chi connectivity index (χ2n) is 19.2. The lowest BCUT2D eigenvalue weighted by atomic mass is 10.0. The molecule has 7 amide bonds. The standard InChI is InChI=1S/C50H50N14O9S6/c1-20(2)35-47-59-30(18-78-47)45-56-27(15-75-45)38-23(9-10-24(53-38)44-60-31(19-76-44)50(72)73-14-26-49(71)64-11-7-8-32(64)41(69)55-26)43-57-29(17-74-43)40(68)54-25(12-33(65)51-6)46-63-37(22(5)79-46)42(70)62-36(21(3)4)48-58-28(16-77-48)39(67)52-13-34(66)61-35/h9-10,15-21,25-26,32,35-36H,7-8,11-14H2,1-6H3,(H,51,65)(H,52,67)(H,54,68)(H,55,69)(H,61,66)(H,62,70). The van der Waals surface area contributed by atoms with E-state index in [0.717, 1.165) is 29.1 Å². The summed E-state index contributed by atoms with van der Waals surface area (Å²) < 4.78 is 5.50.